The molecule has 4 aromatic carbocycles. The summed E-state index contributed by atoms with van der Waals surface area (Å²) in [7, 11) is -3.51. The van der Waals surface area contributed by atoms with Gasteiger partial charge in [0.15, 0.2) is 0 Å². The number of sulfone groups is 1. The molecule has 174 valence electrons. The Labute approximate surface area is 211 Å². The largest absolute Gasteiger partial charge is 0.219 e. The molecular weight excluding hydrogens is 477 g/mol. The Hall–Kier alpha value is -2.47. The predicted octanol–water partition coefficient (Wildman–Crippen LogP) is 8.03. The Morgan fingerprint density at radius 1 is 0.588 bits per heavy atom. The molecule has 5 heteroatoms. The number of thioether (sulfide) groups is 1. The molecule has 0 bridgehead atoms. The average molecular weight is 505 g/mol. The van der Waals surface area contributed by atoms with Crippen LogP contribution in [0.2, 0.25) is 0 Å². The Bertz CT molecular complexity index is 1350. The van der Waals surface area contributed by atoms with Gasteiger partial charge in [-0.05, 0) is 85.0 Å². The smallest absolute Gasteiger partial charge is 0.206 e. The molecule has 0 aromatic heterocycles. The number of hydrogen-bond acceptors (Lipinski definition) is 4. The van der Waals surface area contributed by atoms with Crippen LogP contribution in [0.25, 0.3) is 0 Å². The normalized spacial score (nSPS) is 12.0. The van der Waals surface area contributed by atoms with Crippen molar-refractivity contribution in [1.82, 2.24) is 0 Å². The molecule has 0 atom stereocenters. The van der Waals surface area contributed by atoms with Crippen molar-refractivity contribution in [2.24, 2.45) is 0 Å². The molecule has 0 radical (unpaired) electrons. The summed E-state index contributed by atoms with van der Waals surface area (Å²) in [4.78, 5) is 4.02. The van der Waals surface area contributed by atoms with Crippen molar-refractivity contribution < 1.29 is 8.42 Å². The van der Waals surface area contributed by atoms with Crippen molar-refractivity contribution in [1.29, 1.82) is 0 Å². The highest BCUT2D eigenvalue weighted by Crippen LogP contribution is 2.35. The van der Waals surface area contributed by atoms with Crippen molar-refractivity contribution in [3.8, 4) is 0 Å². The minimum Gasteiger partial charge on any atom is -0.219 e. The fourth-order valence-electron chi connectivity index (χ4n) is 3.79. The van der Waals surface area contributed by atoms with Crippen LogP contribution in [-0.4, -0.2) is 14.7 Å². The van der Waals surface area contributed by atoms with E-state index in [2.05, 4.69) is 68.6 Å². The lowest BCUT2D eigenvalue weighted by atomic mass is 9.78. The highest BCUT2D eigenvalue weighted by Gasteiger charge is 2.23. The Kier molecular flexibility index (Phi) is 7.27. The summed E-state index contributed by atoms with van der Waals surface area (Å²) in [5, 5.41) is 0. The zero-order valence-electron chi connectivity index (χ0n) is 19.8. The van der Waals surface area contributed by atoms with Crippen LogP contribution in [0.5, 0.6) is 0 Å². The van der Waals surface area contributed by atoms with E-state index in [0.717, 1.165) is 15.4 Å². The highest BCUT2D eigenvalue weighted by atomic mass is 32.2. The van der Waals surface area contributed by atoms with Crippen LogP contribution in [0.3, 0.4) is 0 Å². The molecule has 0 aliphatic carbocycles. The lowest BCUT2D eigenvalue weighted by Crippen LogP contribution is -2.18. The average Bonchev–Trinajstić information content (AvgIpc) is 2.85. The van der Waals surface area contributed by atoms with Gasteiger partial charge in [0, 0.05) is 20.1 Å². The fourth-order valence-corrected chi connectivity index (χ4v) is 6.28. The first kappa shape index (κ1) is 24.6. The van der Waals surface area contributed by atoms with Gasteiger partial charge in [0.25, 0.3) is 0 Å². The van der Waals surface area contributed by atoms with Crippen LogP contribution < -0.4 is 0 Å². The van der Waals surface area contributed by atoms with E-state index in [1.807, 2.05) is 31.2 Å². The first-order chi connectivity index (χ1) is 16.2. The first-order valence-electron chi connectivity index (χ1n) is 11.0. The van der Waals surface area contributed by atoms with Crippen molar-refractivity contribution >= 4 is 33.4 Å². The van der Waals surface area contributed by atoms with Gasteiger partial charge >= 0.3 is 0 Å². The summed E-state index contributed by atoms with van der Waals surface area (Å²) in [6, 6.07) is 31.5. The van der Waals surface area contributed by atoms with Gasteiger partial charge in [-0.1, -0.05) is 67.6 Å². The summed E-state index contributed by atoms with van der Waals surface area (Å²) in [6.07, 6.45) is 2.09. The monoisotopic (exact) mass is 504 g/mol. The van der Waals surface area contributed by atoms with Crippen molar-refractivity contribution in [3.63, 3.8) is 0 Å². The Morgan fingerprint density at radius 3 is 1.41 bits per heavy atom. The van der Waals surface area contributed by atoms with Crippen LogP contribution >= 0.6 is 23.5 Å². The molecule has 2 nitrogen and oxygen atoms in total. The van der Waals surface area contributed by atoms with Gasteiger partial charge in [-0.25, -0.2) is 8.42 Å². The van der Waals surface area contributed by atoms with E-state index in [0.29, 0.717) is 9.79 Å². The van der Waals surface area contributed by atoms with E-state index < -0.39 is 9.84 Å². The molecule has 0 amide bonds. The molecule has 0 saturated carbocycles. The lowest BCUT2D eigenvalue weighted by molar-refractivity contribution is 0.596. The molecule has 0 heterocycles. The third-order valence-electron chi connectivity index (χ3n) is 6.09. The molecule has 0 fully saturated rings. The van der Waals surface area contributed by atoms with Gasteiger partial charge in [-0.3, -0.25) is 0 Å². The molecule has 0 aliphatic heterocycles. The molecular formula is C29H28O2S3. The molecule has 0 aliphatic rings. The second-order valence-electron chi connectivity index (χ2n) is 8.77. The molecule has 0 saturated heterocycles. The second kappa shape index (κ2) is 10.0. The zero-order chi connectivity index (χ0) is 24.3. The van der Waals surface area contributed by atoms with Gasteiger partial charge < -0.3 is 0 Å². The third kappa shape index (κ3) is 5.27. The van der Waals surface area contributed by atoms with Crippen LogP contribution in [0.1, 0.15) is 30.5 Å². The summed E-state index contributed by atoms with van der Waals surface area (Å²) in [5.41, 5.74) is 3.49. The van der Waals surface area contributed by atoms with E-state index >= 15 is 0 Å². The van der Waals surface area contributed by atoms with Crippen molar-refractivity contribution in [3.05, 3.63) is 114 Å². The van der Waals surface area contributed by atoms with Crippen LogP contribution in [0, 0.1) is 6.92 Å². The van der Waals surface area contributed by atoms with Gasteiger partial charge in [0.05, 0.1) is 9.79 Å². The maximum absolute atomic E-state index is 12.9. The quantitative estimate of drug-likeness (QED) is 0.239. The van der Waals surface area contributed by atoms with E-state index in [4.69, 9.17) is 0 Å². The third-order valence-corrected chi connectivity index (χ3v) is 9.63. The first-order valence-corrected chi connectivity index (χ1v) is 14.6. The maximum atomic E-state index is 12.9. The number of benzene rings is 4. The zero-order valence-corrected chi connectivity index (χ0v) is 22.2. The summed E-state index contributed by atoms with van der Waals surface area (Å²) < 4.78 is 25.8. The van der Waals surface area contributed by atoms with E-state index in [1.165, 1.54) is 16.0 Å². The maximum Gasteiger partial charge on any atom is 0.206 e. The SMILES string of the molecule is CSc1ccc(C(C)(C)c2ccc(Sc3ccc(S(=O)(=O)c4ccc(C)cc4)cc3)cc2)cc1. The number of aryl methyl sites for hydroxylation is 1. The van der Waals surface area contributed by atoms with E-state index in [-0.39, 0.29) is 5.41 Å². The van der Waals surface area contributed by atoms with Crippen molar-refractivity contribution in [2.75, 3.05) is 6.26 Å². The molecule has 0 spiro atoms. The number of hydrogen-bond donors (Lipinski definition) is 0. The molecule has 4 rings (SSSR count). The van der Waals surface area contributed by atoms with Gasteiger partial charge in [-0.15, -0.1) is 11.8 Å². The summed E-state index contributed by atoms with van der Waals surface area (Å²) in [5.74, 6) is 0. The van der Waals surface area contributed by atoms with Gasteiger partial charge in [-0.2, -0.15) is 0 Å². The fraction of sp³-hybridized carbons (Fsp3) is 0.172. The van der Waals surface area contributed by atoms with Gasteiger partial charge in [0.1, 0.15) is 0 Å². The summed E-state index contributed by atoms with van der Waals surface area (Å²) >= 11 is 3.38. The topological polar surface area (TPSA) is 34.1 Å². The second-order valence-corrected chi connectivity index (χ2v) is 12.7. The Morgan fingerprint density at radius 2 is 0.971 bits per heavy atom. The van der Waals surface area contributed by atoms with Gasteiger partial charge in [0.2, 0.25) is 9.84 Å². The molecule has 0 unspecified atom stereocenters. The lowest BCUT2D eigenvalue weighted by Gasteiger charge is -2.26. The van der Waals surface area contributed by atoms with E-state index in [9.17, 15) is 8.42 Å². The highest BCUT2D eigenvalue weighted by molar-refractivity contribution is 7.99. The molecule has 0 N–H and O–H groups in total. The minimum absolute atomic E-state index is 0.0911. The Balaban J connectivity index is 1.48. The van der Waals surface area contributed by atoms with Crippen LogP contribution in [0.4, 0.5) is 0 Å². The number of rotatable bonds is 7. The molecule has 4 aromatic rings. The van der Waals surface area contributed by atoms with E-state index in [1.54, 1.807) is 47.8 Å². The van der Waals surface area contributed by atoms with Crippen molar-refractivity contribution in [2.45, 2.75) is 50.7 Å². The minimum atomic E-state index is -3.51. The van der Waals surface area contributed by atoms with Crippen LogP contribution in [0.15, 0.2) is 122 Å². The molecule has 34 heavy (non-hydrogen) atoms. The van der Waals surface area contributed by atoms with Crippen LogP contribution in [-0.2, 0) is 15.3 Å². The standard InChI is InChI=1S/C29H28O2S3/c1-21-5-17-27(18-6-21)34(30,31)28-19-15-26(16-20-28)33-25-13-9-23(10-14-25)29(2,3)22-7-11-24(32-4)12-8-22/h5-20H,1-4H3. The summed E-state index contributed by atoms with van der Waals surface area (Å²) in [6.45, 7) is 6.44. The predicted molar refractivity (Wildman–Crippen MR) is 144 cm³/mol.